The first-order valence-electron chi connectivity index (χ1n) is 13.3. The van der Waals surface area contributed by atoms with Gasteiger partial charge in [-0.15, -0.1) is 0 Å². The summed E-state index contributed by atoms with van der Waals surface area (Å²) in [6.07, 6.45) is 0.737. The Labute approximate surface area is 243 Å². The molecule has 0 heterocycles. The Kier molecular flexibility index (Phi) is 10.4. The van der Waals surface area contributed by atoms with Crippen molar-refractivity contribution >= 4 is 39.1 Å². The van der Waals surface area contributed by atoms with Gasteiger partial charge in [-0.05, 0) is 76.4 Å². The predicted molar refractivity (Wildman–Crippen MR) is 161 cm³/mol. The lowest BCUT2D eigenvalue weighted by Gasteiger charge is -2.33. The molecule has 1 N–H and O–H groups in total. The van der Waals surface area contributed by atoms with Gasteiger partial charge in [-0.2, -0.15) is 0 Å². The molecule has 0 fully saturated rings. The van der Waals surface area contributed by atoms with Crippen molar-refractivity contribution in [3.05, 3.63) is 94.0 Å². The molecule has 0 aliphatic carbocycles. The van der Waals surface area contributed by atoms with Gasteiger partial charge in [0, 0.05) is 17.6 Å². The van der Waals surface area contributed by atoms with Crippen molar-refractivity contribution in [3.8, 4) is 0 Å². The number of hydrogen-bond donors (Lipinski definition) is 1. The monoisotopic (exact) mass is 583 g/mol. The van der Waals surface area contributed by atoms with Crippen LogP contribution in [0.3, 0.4) is 0 Å². The zero-order valence-corrected chi connectivity index (χ0v) is 25.5. The van der Waals surface area contributed by atoms with Gasteiger partial charge in [0.15, 0.2) is 0 Å². The maximum Gasteiger partial charge on any atom is 0.264 e. The van der Waals surface area contributed by atoms with E-state index in [1.165, 1.54) is 17.0 Å². The van der Waals surface area contributed by atoms with E-state index < -0.39 is 28.5 Å². The molecule has 214 valence electrons. The molecule has 0 saturated heterocycles. The standard InChI is InChI=1S/C31H38ClN3O4S/c1-7-24(5)33-31(37)25(6)34(19-26-13-8-21(2)9-14-26)30(36)20-35(29-18-27(32)15-12-23(29)4)40(38,39)28-16-10-22(3)11-17-28/h8-18,24-25H,7,19-20H2,1-6H3,(H,33,37)/t24-,25+/m0/s1. The number of nitrogens with one attached hydrogen (secondary N) is 1. The molecule has 3 aromatic rings. The summed E-state index contributed by atoms with van der Waals surface area (Å²) in [5.74, 6) is -0.816. The van der Waals surface area contributed by atoms with Crippen molar-refractivity contribution in [3.63, 3.8) is 0 Å². The Morgan fingerprint density at radius 1 is 0.900 bits per heavy atom. The normalized spacial score (nSPS) is 12.9. The van der Waals surface area contributed by atoms with Crippen LogP contribution in [0.4, 0.5) is 5.69 Å². The topological polar surface area (TPSA) is 86.8 Å². The highest BCUT2D eigenvalue weighted by atomic mass is 35.5. The zero-order valence-electron chi connectivity index (χ0n) is 23.9. The number of rotatable bonds is 11. The summed E-state index contributed by atoms with van der Waals surface area (Å²) in [5.41, 5.74) is 3.74. The SMILES string of the molecule is CC[C@H](C)NC(=O)[C@@H](C)N(Cc1ccc(C)cc1)C(=O)CN(c1cc(Cl)ccc1C)S(=O)(=O)c1ccc(C)cc1. The Balaban J connectivity index is 2.06. The van der Waals surface area contributed by atoms with Gasteiger partial charge in [0.2, 0.25) is 11.8 Å². The molecule has 40 heavy (non-hydrogen) atoms. The summed E-state index contributed by atoms with van der Waals surface area (Å²) < 4.78 is 29.1. The van der Waals surface area contributed by atoms with E-state index in [2.05, 4.69) is 5.32 Å². The van der Waals surface area contributed by atoms with Crippen LogP contribution in [0.2, 0.25) is 5.02 Å². The van der Waals surface area contributed by atoms with Crippen LogP contribution in [0.1, 0.15) is 49.4 Å². The molecule has 0 saturated carbocycles. The number of carbonyl (C=O) groups excluding carboxylic acids is 2. The van der Waals surface area contributed by atoms with Gasteiger partial charge < -0.3 is 10.2 Å². The third-order valence-electron chi connectivity index (χ3n) is 6.97. The number of hydrogen-bond acceptors (Lipinski definition) is 4. The van der Waals surface area contributed by atoms with Crippen molar-refractivity contribution in [2.75, 3.05) is 10.8 Å². The second kappa shape index (κ2) is 13.3. The molecule has 0 radical (unpaired) electrons. The second-order valence-corrected chi connectivity index (χ2v) is 12.6. The van der Waals surface area contributed by atoms with Gasteiger partial charge in [0.1, 0.15) is 12.6 Å². The molecule has 7 nitrogen and oxygen atoms in total. The summed E-state index contributed by atoms with van der Waals surface area (Å²) in [7, 11) is -4.16. The molecule has 3 aromatic carbocycles. The lowest BCUT2D eigenvalue weighted by molar-refractivity contribution is -0.139. The van der Waals surface area contributed by atoms with E-state index in [0.29, 0.717) is 16.3 Å². The largest absolute Gasteiger partial charge is 0.352 e. The van der Waals surface area contributed by atoms with E-state index in [0.717, 1.165) is 27.4 Å². The van der Waals surface area contributed by atoms with Gasteiger partial charge in [0.25, 0.3) is 10.0 Å². The molecular formula is C31H38ClN3O4S. The van der Waals surface area contributed by atoms with E-state index >= 15 is 0 Å². The lowest BCUT2D eigenvalue weighted by Crippen LogP contribution is -2.52. The predicted octanol–water partition coefficient (Wildman–Crippen LogP) is 5.79. The summed E-state index contributed by atoms with van der Waals surface area (Å²) in [5, 5.41) is 3.28. The van der Waals surface area contributed by atoms with Gasteiger partial charge in [-0.1, -0.05) is 72.1 Å². The number of nitrogens with zero attached hydrogens (tertiary/aromatic N) is 2. The van der Waals surface area contributed by atoms with E-state index in [-0.39, 0.29) is 23.4 Å². The van der Waals surface area contributed by atoms with E-state index in [4.69, 9.17) is 11.6 Å². The van der Waals surface area contributed by atoms with Crippen molar-refractivity contribution in [2.24, 2.45) is 0 Å². The minimum atomic E-state index is -4.16. The van der Waals surface area contributed by atoms with Crippen molar-refractivity contribution < 1.29 is 18.0 Å². The lowest BCUT2D eigenvalue weighted by atomic mass is 10.1. The van der Waals surface area contributed by atoms with Gasteiger partial charge in [-0.25, -0.2) is 8.42 Å². The number of sulfonamides is 1. The minimum absolute atomic E-state index is 0.0536. The smallest absolute Gasteiger partial charge is 0.264 e. The van der Waals surface area contributed by atoms with E-state index in [1.54, 1.807) is 44.2 Å². The van der Waals surface area contributed by atoms with Crippen LogP contribution in [0.15, 0.2) is 71.6 Å². The molecule has 0 aliphatic rings. The first-order chi connectivity index (χ1) is 18.8. The van der Waals surface area contributed by atoms with Crippen LogP contribution >= 0.6 is 11.6 Å². The number of halogens is 1. The van der Waals surface area contributed by atoms with Crippen LogP contribution < -0.4 is 9.62 Å². The maximum absolute atomic E-state index is 14.0. The molecule has 2 atom stereocenters. The highest BCUT2D eigenvalue weighted by Gasteiger charge is 2.33. The minimum Gasteiger partial charge on any atom is -0.352 e. The number of carbonyl (C=O) groups is 2. The molecule has 9 heteroatoms. The fourth-order valence-corrected chi connectivity index (χ4v) is 5.78. The third kappa shape index (κ3) is 7.64. The zero-order chi connectivity index (χ0) is 29.6. The Bertz CT molecular complexity index is 1440. The number of benzene rings is 3. The van der Waals surface area contributed by atoms with Crippen LogP contribution in [-0.4, -0.2) is 43.8 Å². The van der Waals surface area contributed by atoms with Crippen LogP contribution in [-0.2, 0) is 26.2 Å². The highest BCUT2D eigenvalue weighted by Crippen LogP contribution is 2.30. The van der Waals surface area contributed by atoms with Gasteiger partial charge >= 0.3 is 0 Å². The summed E-state index contributed by atoms with van der Waals surface area (Å²) in [6, 6.07) is 18.2. The molecule has 3 rings (SSSR count). The average Bonchev–Trinajstić information content (AvgIpc) is 2.92. The first-order valence-corrected chi connectivity index (χ1v) is 15.2. The molecule has 0 unspecified atom stereocenters. The Morgan fingerprint density at radius 2 is 1.48 bits per heavy atom. The van der Waals surface area contributed by atoms with Gasteiger partial charge in [-0.3, -0.25) is 13.9 Å². The van der Waals surface area contributed by atoms with Gasteiger partial charge in [0.05, 0.1) is 10.6 Å². The molecule has 0 aliphatic heterocycles. The third-order valence-corrected chi connectivity index (χ3v) is 8.98. The quantitative estimate of drug-likeness (QED) is 0.309. The van der Waals surface area contributed by atoms with Crippen molar-refractivity contribution in [2.45, 2.75) is 71.5 Å². The van der Waals surface area contributed by atoms with E-state index in [9.17, 15) is 18.0 Å². The summed E-state index contributed by atoms with van der Waals surface area (Å²) in [4.78, 5) is 28.7. The molecular weight excluding hydrogens is 546 g/mol. The van der Waals surface area contributed by atoms with Crippen LogP contribution in [0.5, 0.6) is 0 Å². The number of aryl methyl sites for hydroxylation is 3. The maximum atomic E-state index is 14.0. The highest BCUT2D eigenvalue weighted by molar-refractivity contribution is 7.92. The first kappa shape index (κ1) is 31.2. The number of amides is 2. The summed E-state index contributed by atoms with van der Waals surface area (Å²) in [6.45, 7) is 10.8. The Hall–Kier alpha value is -3.36. The van der Waals surface area contributed by atoms with Crippen LogP contribution in [0.25, 0.3) is 0 Å². The molecule has 0 bridgehead atoms. The van der Waals surface area contributed by atoms with E-state index in [1.807, 2.05) is 52.0 Å². The fraction of sp³-hybridized carbons (Fsp3) is 0.355. The van der Waals surface area contributed by atoms with Crippen molar-refractivity contribution in [1.82, 2.24) is 10.2 Å². The molecule has 2 amide bonds. The van der Waals surface area contributed by atoms with Crippen molar-refractivity contribution in [1.29, 1.82) is 0 Å². The average molecular weight is 584 g/mol. The molecule has 0 spiro atoms. The Morgan fingerprint density at radius 3 is 2.05 bits per heavy atom. The number of anilines is 1. The fourth-order valence-electron chi connectivity index (χ4n) is 4.14. The van der Waals surface area contributed by atoms with Crippen LogP contribution in [0, 0.1) is 20.8 Å². The second-order valence-electron chi connectivity index (χ2n) is 10.3. The molecule has 0 aromatic heterocycles. The summed E-state index contributed by atoms with van der Waals surface area (Å²) >= 11 is 6.28.